The molecule has 4 N–H and O–H groups in total. The molecule has 5 nitrogen and oxygen atoms in total. The second-order valence-electron chi connectivity index (χ2n) is 6.89. The topological polar surface area (TPSA) is 89.8 Å². The van der Waals surface area contributed by atoms with E-state index >= 15 is 0 Å². The largest absolute Gasteiger partial charge is 0.510 e. The van der Waals surface area contributed by atoms with E-state index in [2.05, 4.69) is 12.2 Å². The summed E-state index contributed by atoms with van der Waals surface area (Å²) in [5.41, 5.74) is 0. The summed E-state index contributed by atoms with van der Waals surface area (Å²) in [5, 5.41) is 31.3. The highest BCUT2D eigenvalue weighted by molar-refractivity contribution is 5.73. The van der Waals surface area contributed by atoms with Gasteiger partial charge in [-0.25, -0.2) is 0 Å². The zero-order valence-corrected chi connectivity index (χ0v) is 16.2. The van der Waals surface area contributed by atoms with E-state index in [4.69, 9.17) is 5.11 Å². The van der Waals surface area contributed by atoms with Crippen LogP contribution in [0.1, 0.15) is 90.9 Å². The molecule has 0 unspecified atom stereocenters. The van der Waals surface area contributed by atoms with Crippen molar-refractivity contribution in [1.29, 1.82) is 0 Å². The van der Waals surface area contributed by atoms with Crippen molar-refractivity contribution in [2.45, 2.75) is 103 Å². The van der Waals surface area contributed by atoms with E-state index in [0.717, 1.165) is 12.8 Å². The van der Waals surface area contributed by atoms with Gasteiger partial charge in [0.1, 0.15) is 11.9 Å². The summed E-state index contributed by atoms with van der Waals surface area (Å²) in [6.45, 7) is 3.13. The zero-order valence-electron chi connectivity index (χ0n) is 16.2. The fourth-order valence-electron chi connectivity index (χ4n) is 2.87. The normalized spacial score (nSPS) is 14.3. The summed E-state index contributed by atoms with van der Waals surface area (Å²) in [7, 11) is 0. The number of unbranched alkanes of at least 4 members (excludes halogenated alkanes) is 11. The molecule has 2 atom stereocenters. The van der Waals surface area contributed by atoms with E-state index in [1.54, 1.807) is 6.08 Å². The van der Waals surface area contributed by atoms with Gasteiger partial charge in [-0.2, -0.15) is 0 Å². The van der Waals surface area contributed by atoms with Crippen molar-refractivity contribution in [2.75, 3.05) is 6.61 Å². The maximum atomic E-state index is 11.0. The summed E-state index contributed by atoms with van der Waals surface area (Å²) in [6.07, 6.45) is 15.0. The average molecular weight is 358 g/mol. The third kappa shape index (κ3) is 13.9. The van der Waals surface area contributed by atoms with Gasteiger partial charge in [0.05, 0.1) is 12.6 Å². The molecule has 0 rings (SSSR count). The minimum atomic E-state index is -1.26. The lowest BCUT2D eigenvalue weighted by Crippen LogP contribution is -2.45. The third-order valence-corrected chi connectivity index (χ3v) is 4.43. The first-order valence-corrected chi connectivity index (χ1v) is 9.98. The second kappa shape index (κ2) is 16.4. The molecule has 0 aromatic heterocycles. The molecule has 0 aromatic carbocycles. The van der Waals surface area contributed by atoms with Gasteiger partial charge in [-0.15, -0.1) is 0 Å². The number of aliphatic hydroxyl groups excluding tert-OH is 3. The van der Waals surface area contributed by atoms with Crippen molar-refractivity contribution >= 4 is 5.91 Å². The highest BCUT2D eigenvalue weighted by atomic mass is 16.3. The number of carbonyl (C=O) groups is 1. The van der Waals surface area contributed by atoms with E-state index in [0.29, 0.717) is 6.42 Å². The SMILES string of the molecule is CCCCCCCCCCCCC/C=C(\O)[C@@H](O)[C@H](CO)NC(C)=O. The Balaban J connectivity index is 3.67. The Morgan fingerprint density at radius 2 is 1.44 bits per heavy atom. The van der Waals surface area contributed by atoms with Crippen molar-refractivity contribution in [2.24, 2.45) is 0 Å². The van der Waals surface area contributed by atoms with Crippen LogP contribution in [0.5, 0.6) is 0 Å². The number of hydrogen-bond acceptors (Lipinski definition) is 4. The fraction of sp³-hybridized carbons (Fsp3) is 0.850. The fourth-order valence-corrected chi connectivity index (χ4v) is 2.87. The molecule has 1 amide bonds. The van der Waals surface area contributed by atoms with Crippen LogP contribution in [0.4, 0.5) is 0 Å². The van der Waals surface area contributed by atoms with Crippen LogP contribution in [0.2, 0.25) is 0 Å². The number of carbonyl (C=O) groups excluding carboxylic acids is 1. The van der Waals surface area contributed by atoms with Crippen LogP contribution in [0.25, 0.3) is 0 Å². The molecule has 0 aliphatic rings. The van der Waals surface area contributed by atoms with Gasteiger partial charge in [-0.1, -0.05) is 71.1 Å². The Morgan fingerprint density at radius 1 is 0.960 bits per heavy atom. The van der Waals surface area contributed by atoms with Crippen LogP contribution >= 0.6 is 0 Å². The molecule has 148 valence electrons. The number of allylic oxidation sites excluding steroid dienone is 1. The van der Waals surface area contributed by atoms with Crippen molar-refractivity contribution in [3.63, 3.8) is 0 Å². The van der Waals surface area contributed by atoms with Crippen molar-refractivity contribution < 1.29 is 20.1 Å². The molecular weight excluding hydrogens is 318 g/mol. The molecule has 0 saturated heterocycles. The van der Waals surface area contributed by atoms with Crippen LogP contribution in [0, 0.1) is 0 Å². The van der Waals surface area contributed by atoms with Gasteiger partial charge in [0.15, 0.2) is 0 Å². The highest BCUT2D eigenvalue weighted by Crippen LogP contribution is 2.13. The molecule has 0 aromatic rings. The van der Waals surface area contributed by atoms with Crippen molar-refractivity contribution in [1.82, 2.24) is 5.32 Å². The van der Waals surface area contributed by atoms with E-state index in [1.165, 1.54) is 64.7 Å². The van der Waals surface area contributed by atoms with E-state index in [-0.39, 0.29) is 11.7 Å². The first kappa shape index (κ1) is 23.9. The first-order chi connectivity index (χ1) is 12.0. The summed E-state index contributed by atoms with van der Waals surface area (Å²) >= 11 is 0. The monoisotopic (exact) mass is 357 g/mol. The summed E-state index contributed by atoms with van der Waals surface area (Å²) < 4.78 is 0. The molecule has 0 spiro atoms. The molecule has 0 aliphatic heterocycles. The van der Waals surface area contributed by atoms with Crippen LogP contribution in [-0.2, 0) is 4.79 Å². The second-order valence-corrected chi connectivity index (χ2v) is 6.89. The Morgan fingerprint density at radius 3 is 1.88 bits per heavy atom. The average Bonchev–Trinajstić information content (AvgIpc) is 2.59. The minimum Gasteiger partial charge on any atom is -0.510 e. The van der Waals surface area contributed by atoms with Crippen LogP contribution in [0.15, 0.2) is 11.8 Å². The van der Waals surface area contributed by atoms with Gasteiger partial charge in [-0.3, -0.25) is 4.79 Å². The number of aliphatic hydroxyl groups is 3. The predicted molar refractivity (Wildman–Crippen MR) is 102 cm³/mol. The Hall–Kier alpha value is -1.07. The van der Waals surface area contributed by atoms with Gasteiger partial charge >= 0.3 is 0 Å². The van der Waals surface area contributed by atoms with Gasteiger partial charge in [-0.05, 0) is 18.9 Å². The molecule has 25 heavy (non-hydrogen) atoms. The maximum Gasteiger partial charge on any atom is 0.217 e. The Labute approximate surface area is 153 Å². The van der Waals surface area contributed by atoms with Gasteiger partial charge in [0, 0.05) is 6.92 Å². The Bertz CT molecular complexity index is 358. The maximum absolute atomic E-state index is 11.0. The zero-order chi connectivity index (χ0) is 18.9. The number of amides is 1. The lowest BCUT2D eigenvalue weighted by molar-refractivity contribution is -0.120. The Kier molecular flexibility index (Phi) is 15.7. The smallest absolute Gasteiger partial charge is 0.217 e. The first-order valence-electron chi connectivity index (χ1n) is 9.98. The van der Waals surface area contributed by atoms with Crippen LogP contribution < -0.4 is 5.32 Å². The summed E-state index contributed by atoms with van der Waals surface area (Å²) in [6, 6.07) is -0.869. The standard InChI is InChI=1S/C20H39NO4/c1-3-4-5-6-7-8-9-10-11-12-13-14-15-19(24)20(25)18(16-22)21-17(2)23/h15,18,20,22,24-25H,3-14,16H2,1-2H3,(H,21,23)/b19-15-/t18-,20-/m0/s1. The third-order valence-electron chi connectivity index (χ3n) is 4.43. The van der Waals surface area contributed by atoms with Crippen LogP contribution in [0.3, 0.4) is 0 Å². The predicted octanol–water partition coefficient (Wildman–Crippen LogP) is 3.99. The minimum absolute atomic E-state index is 0.181. The number of nitrogens with one attached hydrogen (secondary N) is 1. The molecule has 5 heteroatoms. The van der Waals surface area contributed by atoms with Gasteiger partial charge in [0.25, 0.3) is 0 Å². The lowest BCUT2D eigenvalue weighted by atomic mass is 10.0. The lowest BCUT2D eigenvalue weighted by Gasteiger charge is -2.21. The molecule has 0 saturated carbocycles. The van der Waals surface area contributed by atoms with Crippen LogP contribution in [-0.4, -0.2) is 40.0 Å². The summed E-state index contributed by atoms with van der Waals surface area (Å²) in [5.74, 6) is -0.531. The van der Waals surface area contributed by atoms with E-state index < -0.39 is 18.8 Å². The highest BCUT2D eigenvalue weighted by Gasteiger charge is 2.22. The number of hydrogen-bond donors (Lipinski definition) is 4. The van der Waals surface area contributed by atoms with Crippen molar-refractivity contribution in [3.05, 3.63) is 11.8 Å². The molecule has 0 fully saturated rings. The summed E-state index contributed by atoms with van der Waals surface area (Å²) in [4.78, 5) is 11.0. The van der Waals surface area contributed by atoms with Crippen molar-refractivity contribution in [3.8, 4) is 0 Å². The van der Waals surface area contributed by atoms with Gasteiger partial charge in [0.2, 0.25) is 5.91 Å². The molecule has 0 aliphatic carbocycles. The molecular formula is C20H39NO4. The molecule has 0 bridgehead atoms. The molecule has 0 radical (unpaired) electrons. The van der Waals surface area contributed by atoms with E-state index in [1.807, 2.05) is 0 Å². The van der Waals surface area contributed by atoms with Gasteiger partial charge < -0.3 is 20.6 Å². The number of rotatable bonds is 16. The van der Waals surface area contributed by atoms with E-state index in [9.17, 15) is 15.0 Å². The quantitative estimate of drug-likeness (QED) is 0.248. The molecule has 0 heterocycles.